The molecule has 2 fully saturated rings. The van der Waals surface area contributed by atoms with Gasteiger partial charge in [-0.2, -0.15) is 0 Å². The number of benzene rings is 2. The lowest BCUT2D eigenvalue weighted by molar-refractivity contribution is -0.149. The van der Waals surface area contributed by atoms with E-state index in [4.69, 9.17) is 4.74 Å². The summed E-state index contributed by atoms with van der Waals surface area (Å²) in [5, 5.41) is 2.94. The lowest BCUT2D eigenvalue weighted by Gasteiger charge is -2.32. The van der Waals surface area contributed by atoms with Crippen LogP contribution in [-0.2, 0) is 9.53 Å². The van der Waals surface area contributed by atoms with Crippen LogP contribution in [0, 0.1) is 5.92 Å². The zero-order valence-corrected chi connectivity index (χ0v) is 20.6. The van der Waals surface area contributed by atoms with Crippen molar-refractivity contribution in [2.24, 2.45) is 5.92 Å². The highest BCUT2D eigenvalue weighted by Gasteiger charge is 2.32. The number of hydrogen-bond acceptors (Lipinski definition) is 5. The molecule has 1 saturated carbocycles. The summed E-state index contributed by atoms with van der Waals surface area (Å²) in [4.78, 5) is 45.5. The molecule has 188 valence electrons. The molecule has 5 rings (SSSR count). The first-order valence-corrected chi connectivity index (χ1v) is 12.9. The largest absolute Gasteiger partial charge is 0.466 e. The Morgan fingerprint density at radius 3 is 2.58 bits per heavy atom. The fraction of sp³-hybridized carbons (Fsp3) is 0.429. The van der Waals surface area contributed by atoms with Gasteiger partial charge in [0, 0.05) is 30.4 Å². The molecule has 0 spiro atoms. The van der Waals surface area contributed by atoms with Gasteiger partial charge in [-0.3, -0.25) is 14.4 Å². The van der Waals surface area contributed by atoms with E-state index in [1.165, 1.54) is 0 Å². The highest BCUT2D eigenvalue weighted by molar-refractivity contribution is 6.09. The van der Waals surface area contributed by atoms with Crippen LogP contribution in [0.1, 0.15) is 72.2 Å². The number of fused-ring (bicyclic) bond motifs is 1. The summed E-state index contributed by atoms with van der Waals surface area (Å²) in [5.74, 6) is -0.965. The molecule has 8 heteroatoms. The average Bonchev–Trinajstić information content (AvgIpc) is 3.59. The fourth-order valence-corrected chi connectivity index (χ4v) is 5.44. The van der Waals surface area contributed by atoms with Crippen molar-refractivity contribution in [3.63, 3.8) is 0 Å². The first-order valence-electron chi connectivity index (χ1n) is 12.9. The van der Waals surface area contributed by atoms with Crippen molar-refractivity contribution < 1.29 is 19.1 Å². The number of amides is 2. The van der Waals surface area contributed by atoms with Crippen molar-refractivity contribution in [2.75, 3.05) is 25.0 Å². The van der Waals surface area contributed by atoms with Gasteiger partial charge in [-0.05, 0) is 56.9 Å². The summed E-state index contributed by atoms with van der Waals surface area (Å²) in [7, 11) is 0. The van der Waals surface area contributed by atoms with E-state index in [-0.39, 0.29) is 23.7 Å². The van der Waals surface area contributed by atoms with Crippen molar-refractivity contribution in [1.29, 1.82) is 0 Å². The number of esters is 1. The number of aromatic nitrogens is 2. The normalized spacial score (nSPS) is 18.4. The van der Waals surface area contributed by atoms with E-state index < -0.39 is 0 Å². The summed E-state index contributed by atoms with van der Waals surface area (Å²) in [5.41, 5.74) is 3.04. The number of likely N-dealkylation sites (tertiary alicyclic amines) is 1. The van der Waals surface area contributed by atoms with Gasteiger partial charge in [0.25, 0.3) is 11.8 Å². The van der Waals surface area contributed by atoms with Crippen molar-refractivity contribution >= 4 is 34.5 Å². The summed E-state index contributed by atoms with van der Waals surface area (Å²) < 4.78 is 7.36. The van der Waals surface area contributed by atoms with Gasteiger partial charge in [0.05, 0.1) is 35.4 Å². The quantitative estimate of drug-likeness (QED) is 0.502. The van der Waals surface area contributed by atoms with E-state index in [0.717, 1.165) is 37.6 Å². The Labute approximate surface area is 210 Å². The highest BCUT2D eigenvalue weighted by atomic mass is 16.5. The maximum atomic E-state index is 13.9. The lowest BCUT2D eigenvalue weighted by Crippen LogP contribution is -2.43. The fourth-order valence-electron chi connectivity index (χ4n) is 5.44. The molecule has 2 aliphatic rings. The van der Waals surface area contributed by atoms with Gasteiger partial charge in [-0.25, -0.2) is 4.98 Å². The first kappa shape index (κ1) is 24.0. The molecule has 1 aliphatic heterocycles. The maximum Gasteiger partial charge on any atom is 0.310 e. The van der Waals surface area contributed by atoms with Crippen molar-refractivity contribution in [3.8, 4) is 0 Å². The molecule has 2 heterocycles. The number of ether oxygens (including phenoxy) is 1. The predicted octanol–water partition coefficient (Wildman–Crippen LogP) is 4.82. The van der Waals surface area contributed by atoms with E-state index in [1.807, 2.05) is 30.6 Å². The van der Waals surface area contributed by atoms with Crippen LogP contribution in [0.3, 0.4) is 0 Å². The Kier molecular flexibility index (Phi) is 7.02. The minimum absolute atomic E-state index is 0.149. The Morgan fingerprint density at radius 1 is 1.06 bits per heavy atom. The van der Waals surface area contributed by atoms with Crippen LogP contribution in [-0.4, -0.2) is 51.9 Å². The van der Waals surface area contributed by atoms with Gasteiger partial charge in [0.2, 0.25) is 0 Å². The van der Waals surface area contributed by atoms with E-state index in [9.17, 15) is 14.4 Å². The van der Waals surface area contributed by atoms with Crippen LogP contribution in [0.5, 0.6) is 0 Å². The van der Waals surface area contributed by atoms with Crippen molar-refractivity contribution in [3.05, 3.63) is 59.9 Å². The van der Waals surface area contributed by atoms with Gasteiger partial charge in [0.1, 0.15) is 0 Å². The standard InChI is InChI=1S/C28H32N4O4/c1-2-36-28(35)20-11-8-14-31(17-20)27(34)23-15-21(30-26(33)19-9-4-3-5-10-19)16-24-25(23)32(18-29-24)22-12-6-7-13-22/h3-5,9-10,15-16,18,20,22H,2,6-8,11-14,17H2,1H3,(H,30,33)/t20-/m0/s1. The van der Waals surface area contributed by atoms with E-state index in [1.54, 1.807) is 30.0 Å². The third-order valence-electron chi connectivity index (χ3n) is 7.24. The number of anilines is 1. The number of carbonyl (C=O) groups excluding carboxylic acids is 3. The maximum absolute atomic E-state index is 13.9. The van der Waals surface area contributed by atoms with E-state index >= 15 is 0 Å². The van der Waals surface area contributed by atoms with Crippen LogP contribution in [0.4, 0.5) is 5.69 Å². The summed E-state index contributed by atoms with van der Waals surface area (Å²) in [6.07, 6.45) is 7.70. The SMILES string of the molecule is CCOC(=O)[C@H]1CCCN(C(=O)c2cc(NC(=O)c3ccccc3)cc3ncn(C4CCCC4)c23)C1. The van der Waals surface area contributed by atoms with Crippen LogP contribution in [0.2, 0.25) is 0 Å². The molecule has 0 radical (unpaired) electrons. The number of carbonyl (C=O) groups is 3. The minimum Gasteiger partial charge on any atom is -0.466 e. The molecule has 0 bridgehead atoms. The number of hydrogen-bond donors (Lipinski definition) is 1. The van der Waals surface area contributed by atoms with Gasteiger partial charge in [0.15, 0.2) is 0 Å². The molecule has 2 aromatic carbocycles. The highest BCUT2D eigenvalue weighted by Crippen LogP contribution is 2.35. The Bertz CT molecular complexity index is 1260. The van der Waals surface area contributed by atoms with Crippen LogP contribution >= 0.6 is 0 Å². The van der Waals surface area contributed by atoms with Gasteiger partial charge < -0.3 is 19.5 Å². The number of nitrogens with one attached hydrogen (secondary N) is 1. The predicted molar refractivity (Wildman–Crippen MR) is 137 cm³/mol. The second-order valence-electron chi connectivity index (χ2n) is 9.64. The van der Waals surface area contributed by atoms with Crippen LogP contribution < -0.4 is 5.32 Å². The summed E-state index contributed by atoms with van der Waals surface area (Å²) in [6.45, 7) is 3.03. The van der Waals surface area contributed by atoms with E-state index in [2.05, 4.69) is 14.9 Å². The monoisotopic (exact) mass is 488 g/mol. The molecular formula is C28H32N4O4. The Morgan fingerprint density at radius 2 is 1.83 bits per heavy atom. The van der Waals surface area contributed by atoms with Crippen molar-refractivity contribution in [1.82, 2.24) is 14.5 Å². The number of imidazole rings is 1. The summed E-state index contributed by atoms with van der Waals surface area (Å²) >= 11 is 0. The zero-order valence-electron chi connectivity index (χ0n) is 20.6. The molecule has 36 heavy (non-hydrogen) atoms. The second-order valence-corrected chi connectivity index (χ2v) is 9.64. The topological polar surface area (TPSA) is 93.5 Å². The molecule has 8 nitrogen and oxygen atoms in total. The second kappa shape index (κ2) is 10.5. The summed E-state index contributed by atoms with van der Waals surface area (Å²) in [6, 6.07) is 12.9. The average molecular weight is 489 g/mol. The molecule has 1 saturated heterocycles. The van der Waals surface area contributed by atoms with Crippen molar-refractivity contribution in [2.45, 2.75) is 51.5 Å². The van der Waals surface area contributed by atoms with Gasteiger partial charge in [-0.1, -0.05) is 31.0 Å². The Balaban J connectivity index is 1.50. The van der Waals surface area contributed by atoms with E-state index in [0.29, 0.717) is 54.5 Å². The molecule has 1 N–H and O–H groups in total. The Hall–Kier alpha value is -3.68. The molecular weight excluding hydrogens is 456 g/mol. The van der Waals surface area contributed by atoms with Crippen LogP contribution in [0.15, 0.2) is 48.8 Å². The number of rotatable bonds is 6. The molecule has 0 unspecified atom stereocenters. The first-order chi connectivity index (χ1) is 17.5. The molecule has 1 aromatic heterocycles. The number of piperidine rings is 1. The van der Waals surface area contributed by atoms with Gasteiger partial charge in [-0.15, -0.1) is 0 Å². The third kappa shape index (κ3) is 4.85. The zero-order chi connectivity index (χ0) is 25.1. The lowest BCUT2D eigenvalue weighted by atomic mass is 9.97. The number of nitrogens with zero attached hydrogens (tertiary/aromatic N) is 3. The third-order valence-corrected chi connectivity index (χ3v) is 7.24. The van der Waals surface area contributed by atoms with Crippen LogP contribution in [0.25, 0.3) is 11.0 Å². The molecule has 1 aliphatic carbocycles. The molecule has 2 amide bonds. The smallest absolute Gasteiger partial charge is 0.310 e. The molecule has 3 aromatic rings. The van der Waals surface area contributed by atoms with Gasteiger partial charge >= 0.3 is 5.97 Å². The minimum atomic E-state index is -0.321. The molecule has 1 atom stereocenters.